The topological polar surface area (TPSA) is 17.8 Å². The van der Waals surface area contributed by atoms with Gasteiger partial charge in [-0.25, -0.2) is 4.98 Å². The SMILES string of the molecule is CC(CC1CC1)n1c(CCl)nc2c(Cl)cccc21. The van der Waals surface area contributed by atoms with Gasteiger partial charge < -0.3 is 4.57 Å². The summed E-state index contributed by atoms with van der Waals surface area (Å²) in [5.74, 6) is 2.24. The van der Waals surface area contributed by atoms with Gasteiger partial charge in [0.25, 0.3) is 0 Å². The summed E-state index contributed by atoms with van der Waals surface area (Å²) in [5.41, 5.74) is 1.98. The van der Waals surface area contributed by atoms with E-state index in [-0.39, 0.29) is 0 Å². The molecule has 1 heterocycles. The molecule has 1 aromatic carbocycles. The van der Waals surface area contributed by atoms with Crippen LogP contribution in [0.25, 0.3) is 11.0 Å². The minimum Gasteiger partial charge on any atom is -0.324 e. The molecular weight excluding hydrogens is 267 g/mol. The quantitative estimate of drug-likeness (QED) is 0.738. The fourth-order valence-corrected chi connectivity index (χ4v) is 3.06. The maximum Gasteiger partial charge on any atom is 0.125 e. The van der Waals surface area contributed by atoms with E-state index in [2.05, 4.69) is 22.5 Å². The maximum absolute atomic E-state index is 6.20. The minimum atomic E-state index is 0.431. The number of aromatic nitrogens is 2. The van der Waals surface area contributed by atoms with Gasteiger partial charge in [-0.05, 0) is 31.4 Å². The summed E-state index contributed by atoms with van der Waals surface area (Å²) in [6.07, 6.45) is 3.95. The Labute approximate surface area is 117 Å². The molecule has 3 rings (SSSR count). The van der Waals surface area contributed by atoms with E-state index in [1.165, 1.54) is 19.3 Å². The summed E-state index contributed by atoms with van der Waals surface area (Å²) in [7, 11) is 0. The molecule has 1 aromatic heterocycles. The molecule has 0 spiro atoms. The van der Waals surface area contributed by atoms with E-state index in [0.29, 0.717) is 16.9 Å². The lowest BCUT2D eigenvalue weighted by Crippen LogP contribution is -2.09. The van der Waals surface area contributed by atoms with Crippen LogP contribution >= 0.6 is 23.2 Å². The van der Waals surface area contributed by atoms with Crippen molar-refractivity contribution in [3.63, 3.8) is 0 Å². The lowest BCUT2D eigenvalue weighted by atomic mass is 10.1. The van der Waals surface area contributed by atoms with Gasteiger partial charge in [0.15, 0.2) is 0 Å². The Morgan fingerprint density at radius 2 is 2.22 bits per heavy atom. The van der Waals surface area contributed by atoms with Crippen LogP contribution in [0.1, 0.15) is 38.1 Å². The van der Waals surface area contributed by atoms with Gasteiger partial charge in [0, 0.05) is 6.04 Å². The molecule has 1 unspecified atom stereocenters. The molecule has 4 heteroatoms. The largest absolute Gasteiger partial charge is 0.324 e. The highest BCUT2D eigenvalue weighted by Gasteiger charge is 2.26. The van der Waals surface area contributed by atoms with Crippen molar-refractivity contribution in [1.82, 2.24) is 9.55 Å². The average Bonchev–Trinajstić information content (AvgIpc) is 3.07. The van der Waals surface area contributed by atoms with Gasteiger partial charge in [0.1, 0.15) is 11.3 Å². The number of hydrogen-bond acceptors (Lipinski definition) is 1. The Morgan fingerprint density at radius 3 is 2.89 bits per heavy atom. The van der Waals surface area contributed by atoms with E-state index in [0.717, 1.165) is 22.8 Å². The van der Waals surface area contributed by atoms with E-state index in [1.807, 2.05) is 12.1 Å². The van der Waals surface area contributed by atoms with Crippen molar-refractivity contribution in [2.75, 3.05) is 0 Å². The van der Waals surface area contributed by atoms with Gasteiger partial charge >= 0.3 is 0 Å². The molecule has 0 N–H and O–H groups in total. The van der Waals surface area contributed by atoms with Crippen LogP contribution in [0.5, 0.6) is 0 Å². The standard InChI is InChI=1S/C14H16Cl2N2/c1-9(7-10-5-6-10)18-12-4-2-3-11(16)14(12)17-13(18)8-15/h2-4,9-10H,5-8H2,1H3. The van der Waals surface area contributed by atoms with Crippen molar-refractivity contribution in [2.24, 2.45) is 5.92 Å². The normalized spacial score (nSPS) is 17.3. The van der Waals surface area contributed by atoms with Crippen molar-refractivity contribution in [1.29, 1.82) is 0 Å². The van der Waals surface area contributed by atoms with Crippen LogP contribution < -0.4 is 0 Å². The molecule has 2 aromatic rings. The van der Waals surface area contributed by atoms with Crippen LogP contribution in [0, 0.1) is 5.92 Å². The molecule has 0 bridgehead atoms. The molecular formula is C14H16Cl2N2. The number of para-hydroxylation sites is 1. The first-order valence-electron chi connectivity index (χ1n) is 6.42. The second kappa shape index (κ2) is 4.75. The third-order valence-corrected chi connectivity index (χ3v) is 4.22. The third-order valence-electron chi connectivity index (χ3n) is 3.68. The number of hydrogen-bond donors (Lipinski definition) is 0. The smallest absolute Gasteiger partial charge is 0.125 e. The van der Waals surface area contributed by atoms with Gasteiger partial charge in [0.2, 0.25) is 0 Å². The van der Waals surface area contributed by atoms with Gasteiger partial charge in [-0.2, -0.15) is 0 Å². The second-order valence-corrected chi connectivity index (χ2v) is 5.84. The highest BCUT2D eigenvalue weighted by atomic mass is 35.5. The molecule has 0 radical (unpaired) electrons. The molecule has 96 valence electrons. The van der Waals surface area contributed by atoms with Crippen molar-refractivity contribution >= 4 is 34.2 Å². The summed E-state index contributed by atoms with van der Waals surface area (Å²) in [6.45, 7) is 2.25. The lowest BCUT2D eigenvalue weighted by molar-refractivity contribution is 0.477. The zero-order valence-electron chi connectivity index (χ0n) is 10.4. The highest BCUT2D eigenvalue weighted by molar-refractivity contribution is 6.35. The van der Waals surface area contributed by atoms with Gasteiger partial charge in [-0.15, -0.1) is 11.6 Å². The molecule has 1 saturated carbocycles. The predicted octanol–water partition coefficient (Wildman–Crippen LogP) is 4.79. The first-order valence-corrected chi connectivity index (χ1v) is 7.33. The maximum atomic E-state index is 6.20. The van der Waals surface area contributed by atoms with Crippen LogP contribution in [0.3, 0.4) is 0 Å². The zero-order valence-corrected chi connectivity index (χ0v) is 11.9. The Kier molecular flexibility index (Phi) is 3.25. The fraction of sp³-hybridized carbons (Fsp3) is 0.500. The molecule has 0 amide bonds. The van der Waals surface area contributed by atoms with Gasteiger partial charge in [-0.1, -0.05) is 30.5 Å². The van der Waals surface area contributed by atoms with Crippen molar-refractivity contribution < 1.29 is 0 Å². The second-order valence-electron chi connectivity index (χ2n) is 5.17. The number of imidazole rings is 1. The predicted molar refractivity (Wildman–Crippen MR) is 76.4 cm³/mol. The summed E-state index contributed by atoms with van der Waals surface area (Å²) >= 11 is 12.2. The van der Waals surface area contributed by atoms with E-state index >= 15 is 0 Å². The fourth-order valence-electron chi connectivity index (χ4n) is 2.66. The van der Waals surface area contributed by atoms with Gasteiger partial charge in [-0.3, -0.25) is 0 Å². The molecule has 1 atom stereocenters. The molecule has 1 fully saturated rings. The number of benzene rings is 1. The lowest BCUT2D eigenvalue weighted by Gasteiger charge is -2.16. The van der Waals surface area contributed by atoms with E-state index in [4.69, 9.17) is 23.2 Å². The molecule has 0 aliphatic heterocycles. The van der Waals surface area contributed by atoms with Crippen LogP contribution in [0.2, 0.25) is 5.02 Å². The summed E-state index contributed by atoms with van der Waals surface area (Å²) in [6, 6.07) is 6.37. The molecule has 1 aliphatic carbocycles. The van der Waals surface area contributed by atoms with Crippen LogP contribution in [-0.4, -0.2) is 9.55 Å². The summed E-state index contributed by atoms with van der Waals surface area (Å²) in [5, 5.41) is 0.705. The van der Waals surface area contributed by atoms with E-state index < -0.39 is 0 Å². The highest BCUT2D eigenvalue weighted by Crippen LogP contribution is 2.38. The molecule has 18 heavy (non-hydrogen) atoms. The van der Waals surface area contributed by atoms with Crippen molar-refractivity contribution in [3.05, 3.63) is 29.0 Å². The number of alkyl halides is 1. The first-order chi connectivity index (χ1) is 8.70. The monoisotopic (exact) mass is 282 g/mol. The Balaban J connectivity index is 2.09. The van der Waals surface area contributed by atoms with Crippen molar-refractivity contribution in [2.45, 2.75) is 38.1 Å². The Bertz CT molecular complexity index is 572. The third kappa shape index (κ3) is 2.12. The molecule has 2 nitrogen and oxygen atoms in total. The number of nitrogens with zero attached hydrogens (tertiary/aromatic N) is 2. The van der Waals surface area contributed by atoms with Crippen molar-refractivity contribution in [3.8, 4) is 0 Å². The number of rotatable bonds is 4. The van der Waals surface area contributed by atoms with Crippen LogP contribution in [0.15, 0.2) is 18.2 Å². The minimum absolute atomic E-state index is 0.431. The average molecular weight is 283 g/mol. The Hall–Kier alpha value is -0.730. The number of halogens is 2. The first kappa shape index (κ1) is 12.3. The molecule has 1 aliphatic rings. The number of fused-ring (bicyclic) bond motifs is 1. The van der Waals surface area contributed by atoms with Crippen LogP contribution in [0.4, 0.5) is 0 Å². The summed E-state index contributed by atoms with van der Waals surface area (Å²) < 4.78 is 2.26. The van der Waals surface area contributed by atoms with Crippen LogP contribution in [-0.2, 0) is 5.88 Å². The van der Waals surface area contributed by atoms with Gasteiger partial charge in [0.05, 0.1) is 16.4 Å². The van der Waals surface area contributed by atoms with E-state index in [9.17, 15) is 0 Å². The van der Waals surface area contributed by atoms with E-state index in [1.54, 1.807) is 0 Å². The molecule has 0 saturated heterocycles. The summed E-state index contributed by atoms with van der Waals surface area (Å²) in [4.78, 5) is 4.58. The zero-order chi connectivity index (χ0) is 12.7. The Morgan fingerprint density at radius 1 is 1.44 bits per heavy atom.